The van der Waals surface area contributed by atoms with Crippen molar-refractivity contribution >= 4 is 5.71 Å². The fourth-order valence-electron chi connectivity index (χ4n) is 1.02. The Bertz CT molecular complexity index is 259. The molecule has 0 heterocycles. The van der Waals surface area contributed by atoms with E-state index in [0.717, 1.165) is 12.8 Å². The molecule has 0 bridgehead atoms. The maximum atomic E-state index is 10.0. The average molecular weight is 169 g/mol. The Kier molecular flexibility index (Phi) is 6.40. The Morgan fingerprint density at radius 2 is 1.92 bits per heavy atom. The van der Waals surface area contributed by atoms with E-state index in [1.165, 1.54) is 5.56 Å². The summed E-state index contributed by atoms with van der Waals surface area (Å²) in [7, 11) is 0. The van der Waals surface area contributed by atoms with Crippen LogP contribution in [-0.2, 0) is 6.42 Å². The first-order chi connectivity index (χ1) is 5.83. The van der Waals surface area contributed by atoms with Gasteiger partial charge < -0.3 is 10.4 Å². The maximum Gasteiger partial charge on any atom is 1.00 e. The summed E-state index contributed by atoms with van der Waals surface area (Å²) in [6, 6.07) is 10.1. The van der Waals surface area contributed by atoms with Gasteiger partial charge in [-0.05, 0) is 25.3 Å². The molecule has 0 saturated heterocycles. The van der Waals surface area contributed by atoms with E-state index in [1.54, 1.807) is 6.92 Å². The summed E-state index contributed by atoms with van der Waals surface area (Å²) in [6.45, 7) is 1.76. The predicted octanol–water partition coefficient (Wildman–Crippen LogP) is -0.418. The number of aryl methyl sites for hydroxylation is 1. The predicted molar refractivity (Wildman–Crippen MR) is 51.2 cm³/mol. The van der Waals surface area contributed by atoms with Gasteiger partial charge in [-0.15, -0.1) is 0 Å². The molecule has 13 heavy (non-hydrogen) atoms. The Morgan fingerprint density at radius 1 is 1.31 bits per heavy atom. The number of rotatable bonds is 3. The van der Waals surface area contributed by atoms with Gasteiger partial charge in [-0.25, -0.2) is 0 Å². The van der Waals surface area contributed by atoms with Crippen LogP contribution in [0.2, 0.25) is 0 Å². The Hall–Kier alpha value is -0.713. The maximum absolute atomic E-state index is 10.0. The Morgan fingerprint density at radius 3 is 2.46 bits per heavy atom. The van der Waals surface area contributed by atoms with Gasteiger partial charge in [0.25, 0.3) is 0 Å². The summed E-state index contributed by atoms with van der Waals surface area (Å²) < 4.78 is 0. The molecule has 0 aromatic heterocycles. The van der Waals surface area contributed by atoms with E-state index in [-0.39, 0.29) is 18.9 Å². The minimum absolute atomic E-state index is 0. The summed E-state index contributed by atoms with van der Waals surface area (Å²) in [4.78, 5) is 0. The van der Waals surface area contributed by atoms with Crippen molar-refractivity contribution in [1.29, 1.82) is 0 Å². The first-order valence-electron chi connectivity index (χ1n) is 4.02. The van der Waals surface area contributed by atoms with Crippen molar-refractivity contribution in [2.45, 2.75) is 19.8 Å². The van der Waals surface area contributed by atoms with Crippen LogP contribution in [-0.4, -0.2) is 5.71 Å². The Balaban J connectivity index is 0.00000144. The molecule has 0 unspecified atom stereocenters. The molecule has 0 aliphatic rings. The molecule has 3 heteroatoms. The van der Waals surface area contributed by atoms with Crippen LogP contribution in [0.3, 0.4) is 0 Å². The summed E-state index contributed by atoms with van der Waals surface area (Å²) >= 11 is 0. The van der Waals surface area contributed by atoms with E-state index in [2.05, 4.69) is 17.3 Å². The van der Waals surface area contributed by atoms with E-state index < -0.39 is 0 Å². The second-order valence-corrected chi connectivity index (χ2v) is 2.81. The van der Waals surface area contributed by atoms with Crippen LogP contribution in [0.1, 0.15) is 18.9 Å². The minimum atomic E-state index is 0. The number of benzene rings is 1. The van der Waals surface area contributed by atoms with E-state index in [4.69, 9.17) is 0 Å². The molecule has 0 N–H and O–H groups in total. The molecule has 2 nitrogen and oxygen atoms in total. The van der Waals surface area contributed by atoms with Crippen LogP contribution in [0.5, 0.6) is 0 Å². The molecule has 0 aliphatic carbocycles. The van der Waals surface area contributed by atoms with Crippen molar-refractivity contribution in [3.63, 3.8) is 0 Å². The molecule has 0 radical (unpaired) electrons. The van der Waals surface area contributed by atoms with E-state index in [9.17, 15) is 5.21 Å². The normalized spacial score (nSPS) is 10.7. The summed E-state index contributed by atoms with van der Waals surface area (Å²) in [5, 5.41) is 12.9. The molecule has 0 spiro atoms. The van der Waals surface area contributed by atoms with Gasteiger partial charge in [-0.3, -0.25) is 0 Å². The van der Waals surface area contributed by atoms with E-state index in [1.807, 2.05) is 18.2 Å². The van der Waals surface area contributed by atoms with Gasteiger partial charge in [0.05, 0.1) is 0 Å². The third-order valence-electron chi connectivity index (χ3n) is 1.77. The zero-order valence-electron chi connectivity index (χ0n) is 8.16. The zero-order valence-corrected chi connectivity index (χ0v) is 8.16. The standard InChI is InChI=1S/C10H13NO.Li/c1-9(11-12)7-8-10-5-3-2-4-6-10;/h2-6,12H,7-8H2,1H3;/q;+1/p-1/b11-9-;. The van der Waals surface area contributed by atoms with E-state index >= 15 is 0 Å². The average Bonchev–Trinajstić information content (AvgIpc) is 2.16. The van der Waals surface area contributed by atoms with Crippen molar-refractivity contribution in [3.8, 4) is 0 Å². The molecule has 0 amide bonds. The number of hydrogen-bond donors (Lipinski definition) is 0. The van der Waals surface area contributed by atoms with Crippen molar-refractivity contribution in [2.24, 2.45) is 5.16 Å². The van der Waals surface area contributed by atoms with Gasteiger partial charge in [0.2, 0.25) is 0 Å². The SMILES string of the molecule is C/C(CCc1ccccc1)=N/[O-].[Li+]. The summed E-state index contributed by atoms with van der Waals surface area (Å²) in [5.41, 5.74) is 1.92. The quantitative estimate of drug-likeness (QED) is 0.344. The molecular weight excluding hydrogens is 157 g/mol. The van der Waals surface area contributed by atoms with Gasteiger partial charge in [0, 0.05) is 5.71 Å². The van der Waals surface area contributed by atoms with Crippen LogP contribution in [0, 0.1) is 5.21 Å². The molecule has 0 aliphatic heterocycles. The molecule has 1 aromatic rings. The third-order valence-corrected chi connectivity index (χ3v) is 1.77. The van der Waals surface area contributed by atoms with Crippen molar-refractivity contribution < 1.29 is 18.9 Å². The number of nitrogens with zero attached hydrogens (tertiary/aromatic N) is 1. The molecule has 1 aromatic carbocycles. The van der Waals surface area contributed by atoms with Gasteiger partial charge in [0.1, 0.15) is 0 Å². The van der Waals surface area contributed by atoms with Crippen molar-refractivity contribution in [1.82, 2.24) is 0 Å². The van der Waals surface area contributed by atoms with Gasteiger partial charge >= 0.3 is 18.9 Å². The van der Waals surface area contributed by atoms with Crippen molar-refractivity contribution in [2.75, 3.05) is 0 Å². The fourth-order valence-corrected chi connectivity index (χ4v) is 1.02. The van der Waals surface area contributed by atoms with Gasteiger partial charge in [0.15, 0.2) is 0 Å². The van der Waals surface area contributed by atoms with Gasteiger partial charge in [-0.1, -0.05) is 30.3 Å². The molecule has 0 saturated carbocycles. The smallest absolute Gasteiger partial charge is 0.792 e. The molecule has 0 fully saturated rings. The van der Waals surface area contributed by atoms with E-state index in [0.29, 0.717) is 5.71 Å². The topological polar surface area (TPSA) is 35.4 Å². The first-order valence-corrected chi connectivity index (χ1v) is 4.02. The zero-order chi connectivity index (χ0) is 8.81. The van der Waals surface area contributed by atoms with Crippen LogP contribution >= 0.6 is 0 Å². The summed E-state index contributed by atoms with van der Waals surface area (Å²) in [6.07, 6.45) is 1.66. The molecule has 1 rings (SSSR count). The second-order valence-electron chi connectivity index (χ2n) is 2.81. The number of hydrogen-bond acceptors (Lipinski definition) is 2. The summed E-state index contributed by atoms with van der Waals surface area (Å²) in [5.74, 6) is 0. The van der Waals surface area contributed by atoms with Crippen LogP contribution < -0.4 is 18.9 Å². The largest absolute Gasteiger partial charge is 1.00 e. The Labute approximate surface area is 90.8 Å². The van der Waals surface area contributed by atoms with Crippen LogP contribution in [0.25, 0.3) is 0 Å². The second kappa shape index (κ2) is 6.77. The monoisotopic (exact) mass is 169 g/mol. The minimum Gasteiger partial charge on any atom is -0.792 e. The van der Waals surface area contributed by atoms with Gasteiger partial charge in [-0.2, -0.15) is 0 Å². The molecule has 0 atom stereocenters. The third kappa shape index (κ3) is 4.77. The fraction of sp³-hybridized carbons (Fsp3) is 0.300. The molecule has 64 valence electrons. The van der Waals surface area contributed by atoms with Crippen molar-refractivity contribution in [3.05, 3.63) is 41.1 Å². The first kappa shape index (κ1) is 12.3. The van der Waals surface area contributed by atoms with Crippen LogP contribution in [0.15, 0.2) is 35.5 Å². The molecular formula is C10H12LiNO. The van der Waals surface area contributed by atoms with Crippen LogP contribution in [0.4, 0.5) is 0 Å².